The summed E-state index contributed by atoms with van der Waals surface area (Å²) in [5.74, 6) is -1.71. The molecule has 0 saturated heterocycles. The summed E-state index contributed by atoms with van der Waals surface area (Å²) in [6, 6.07) is 0. The van der Waals surface area contributed by atoms with Crippen molar-refractivity contribution in [2.75, 3.05) is 6.61 Å². The van der Waals surface area contributed by atoms with Crippen LogP contribution < -0.4 is 0 Å². The van der Waals surface area contributed by atoms with Crippen LogP contribution in [0.4, 0.5) is 13.2 Å². The molecule has 0 aromatic heterocycles. The van der Waals surface area contributed by atoms with E-state index in [-0.39, 0.29) is 6.61 Å². The highest BCUT2D eigenvalue weighted by Gasteiger charge is 2.59. The average Bonchev–Trinajstić information content (AvgIpc) is 1.85. The second-order valence-corrected chi connectivity index (χ2v) is 3.12. The molecule has 0 aliphatic heterocycles. The summed E-state index contributed by atoms with van der Waals surface area (Å²) in [5, 5.41) is 0. The van der Waals surface area contributed by atoms with E-state index in [0.29, 0.717) is 0 Å². The van der Waals surface area contributed by atoms with Gasteiger partial charge in [0.25, 0.3) is 0 Å². The molecule has 0 heterocycles. The smallest absolute Gasteiger partial charge is 0.432 e. The van der Waals surface area contributed by atoms with Crippen molar-refractivity contribution in [3.63, 3.8) is 0 Å². The van der Waals surface area contributed by atoms with E-state index in [1.165, 1.54) is 6.92 Å². The number of halogens is 5. The van der Waals surface area contributed by atoms with Gasteiger partial charge in [0.2, 0.25) is 0 Å². The Kier molecular flexibility index (Phi) is 3.65. The third-order valence-electron chi connectivity index (χ3n) is 0.888. The van der Waals surface area contributed by atoms with Gasteiger partial charge in [-0.25, -0.2) is 4.79 Å². The first kappa shape index (κ1) is 11.8. The van der Waals surface area contributed by atoms with Gasteiger partial charge < -0.3 is 4.74 Å². The fraction of sp³-hybridized carbons (Fsp3) is 0.800. The van der Waals surface area contributed by atoms with Gasteiger partial charge >= 0.3 is 16.5 Å². The third kappa shape index (κ3) is 2.42. The summed E-state index contributed by atoms with van der Waals surface area (Å²) < 4.78 is 36.1. The molecule has 0 amide bonds. The molecular weight excluding hydrogens is 220 g/mol. The van der Waals surface area contributed by atoms with Crippen molar-refractivity contribution >= 4 is 29.2 Å². The summed E-state index contributed by atoms with van der Waals surface area (Å²) in [6.45, 7) is 1.13. The number of carbonyl (C=O) groups is 1. The topological polar surface area (TPSA) is 26.3 Å². The first-order chi connectivity index (χ1) is 5.23. The molecule has 0 fully saturated rings. The molecule has 0 saturated carbocycles. The molecule has 12 heavy (non-hydrogen) atoms. The number of rotatable bonds is 2. The maximum Gasteiger partial charge on any atom is 0.432 e. The Morgan fingerprint density at radius 1 is 1.42 bits per heavy atom. The van der Waals surface area contributed by atoms with Gasteiger partial charge in [0, 0.05) is 0 Å². The molecule has 0 N–H and O–H groups in total. The zero-order valence-corrected chi connectivity index (χ0v) is 7.43. The molecule has 0 rings (SSSR count). The van der Waals surface area contributed by atoms with Crippen molar-refractivity contribution in [2.24, 2.45) is 0 Å². The molecule has 0 aliphatic carbocycles. The number of esters is 1. The van der Waals surface area contributed by atoms with Gasteiger partial charge in [0.05, 0.1) is 6.61 Å². The van der Waals surface area contributed by atoms with Crippen LogP contribution in [0.5, 0.6) is 0 Å². The van der Waals surface area contributed by atoms with Crippen LogP contribution in [0, 0.1) is 0 Å². The quantitative estimate of drug-likeness (QED) is 0.532. The highest BCUT2D eigenvalue weighted by molar-refractivity contribution is 6.58. The van der Waals surface area contributed by atoms with Crippen LogP contribution in [-0.2, 0) is 9.53 Å². The molecule has 0 aliphatic rings. The van der Waals surface area contributed by atoms with Crippen LogP contribution in [0.25, 0.3) is 0 Å². The number of hydrogen-bond acceptors (Lipinski definition) is 2. The lowest BCUT2D eigenvalue weighted by atomic mass is 10.4. The fourth-order valence-electron chi connectivity index (χ4n) is 0.337. The summed E-state index contributed by atoms with van der Waals surface area (Å²) in [5.41, 5.74) is 0. The van der Waals surface area contributed by atoms with Crippen molar-refractivity contribution in [2.45, 2.75) is 17.4 Å². The Bertz CT molecular complexity index is 178. The molecule has 0 bridgehead atoms. The highest BCUT2D eigenvalue weighted by atomic mass is 35.5. The van der Waals surface area contributed by atoms with Gasteiger partial charge in [0.15, 0.2) is 0 Å². The minimum Gasteiger partial charge on any atom is -0.464 e. The van der Waals surface area contributed by atoms with E-state index in [4.69, 9.17) is 23.2 Å². The predicted molar refractivity (Wildman–Crippen MR) is 37.1 cm³/mol. The summed E-state index contributed by atoms with van der Waals surface area (Å²) in [6.07, 6.45) is -5.03. The van der Waals surface area contributed by atoms with E-state index < -0.39 is 16.5 Å². The van der Waals surface area contributed by atoms with Crippen LogP contribution in [0.15, 0.2) is 0 Å². The van der Waals surface area contributed by atoms with Gasteiger partial charge in [-0.1, -0.05) is 23.2 Å². The highest BCUT2D eigenvalue weighted by Crippen LogP contribution is 2.40. The van der Waals surface area contributed by atoms with Crippen LogP contribution in [0.3, 0.4) is 0 Å². The maximum absolute atomic E-state index is 11.8. The van der Waals surface area contributed by atoms with Gasteiger partial charge in [-0.15, -0.1) is 0 Å². The van der Waals surface area contributed by atoms with E-state index in [1.54, 1.807) is 0 Å². The van der Waals surface area contributed by atoms with Gasteiger partial charge in [-0.05, 0) is 6.92 Å². The van der Waals surface area contributed by atoms with Gasteiger partial charge in [-0.2, -0.15) is 13.2 Å². The molecule has 7 heteroatoms. The fourth-order valence-corrected chi connectivity index (χ4v) is 0.447. The monoisotopic (exact) mass is 224 g/mol. The molecule has 0 aromatic carbocycles. The van der Waals surface area contributed by atoms with Crippen molar-refractivity contribution in [3.05, 3.63) is 0 Å². The van der Waals surface area contributed by atoms with Crippen molar-refractivity contribution in [3.8, 4) is 0 Å². The van der Waals surface area contributed by atoms with Gasteiger partial charge in [-0.3, -0.25) is 0 Å². The average molecular weight is 225 g/mol. The maximum atomic E-state index is 11.8. The normalized spacial score (nSPS) is 12.8. The standard InChI is InChI=1S/C5H5Cl2F3O2/c1-2-12-3(11)4(6,7)5(8,9)10/h2H2,1H3. The second kappa shape index (κ2) is 3.70. The molecule has 2 nitrogen and oxygen atoms in total. The lowest BCUT2D eigenvalue weighted by Gasteiger charge is -2.19. The molecule has 0 aromatic rings. The Morgan fingerprint density at radius 3 is 2.08 bits per heavy atom. The Hall–Kier alpha value is -0.160. The lowest BCUT2D eigenvalue weighted by molar-refractivity contribution is -0.175. The zero-order valence-electron chi connectivity index (χ0n) is 5.91. The minimum atomic E-state index is -5.03. The molecule has 0 spiro atoms. The summed E-state index contributed by atoms with van der Waals surface area (Å²) >= 11 is 9.41. The number of alkyl halides is 5. The van der Waals surface area contributed by atoms with Crippen LogP contribution in [0.1, 0.15) is 6.92 Å². The van der Waals surface area contributed by atoms with Crippen LogP contribution in [0.2, 0.25) is 0 Å². The number of ether oxygens (including phenoxy) is 1. The molecule has 72 valence electrons. The van der Waals surface area contributed by atoms with Crippen molar-refractivity contribution < 1.29 is 22.7 Å². The van der Waals surface area contributed by atoms with Crippen LogP contribution in [-0.4, -0.2) is 23.1 Å². The van der Waals surface area contributed by atoms with Crippen LogP contribution >= 0.6 is 23.2 Å². The van der Waals surface area contributed by atoms with E-state index >= 15 is 0 Å². The summed E-state index contributed by atoms with van der Waals surface area (Å²) in [7, 11) is 0. The van der Waals surface area contributed by atoms with E-state index in [1.807, 2.05) is 0 Å². The second-order valence-electron chi connectivity index (χ2n) is 1.79. The van der Waals surface area contributed by atoms with E-state index in [2.05, 4.69) is 4.74 Å². The SMILES string of the molecule is CCOC(=O)C(Cl)(Cl)C(F)(F)F. The van der Waals surface area contributed by atoms with Gasteiger partial charge in [0.1, 0.15) is 0 Å². The Balaban J connectivity index is 4.50. The molecule has 0 radical (unpaired) electrons. The first-order valence-corrected chi connectivity index (χ1v) is 3.60. The zero-order chi connectivity index (χ0) is 9.99. The largest absolute Gasteiger partial charge is 0.464 e. The molecule has 0 unspecified atom stereocenters. The molecular formula is C5H5Cl2F3O2. The Morgan fingerprint density at radius 2 is 1.83 bits per heavy atom. The summed E-state index contributed by atoms with van der Waals surface area (Å²) in [4.78, 5) is 10.5. The lowest BCUT2D eigenvalue weighted by Crippen LogP contribution is -2.43. The Labute approximate surface area is 76.6 Å². The minimum absolute atomic E-state index is 0.212. The third-order valence-corrected chi connectivity index (χ3v) is 1.62. The number of carbonyl (C=O) groups excluding carboxylic acids is 1. The number of hydrogen-bond donors (Lipinski definition) is 0. The van der Waals surface area contributed by atoms with E-state index in [0.717, 1.165) is 0 Å². The molecule has 0 atom stereocenters. The van der Waals surface area contributed by atoms with Crippen molar-refractivity contribution in [1.82, 2.24) is 0 Å². The van der Waals surface area contributed by atoms with E-state index in [9.17, 15) is 18.0 Å². The predicted octanol–water partition coefficient (Wildman–Crippen LogP) is 2.29. The first-order valence-electron chi connectivity index (χ1n) is 2.85. The van der Waals surface area contributed by atoms with Crippen molar-refractivity contribution in [1.29, 1.82) is 0 Å².